The number of amides is 1. The highest BCUT2D eigenvalue weighted by Crippen LogP contribution is 2.34. The van der Waals surface area contributed by atoms with E-state index in [0.29, 0.717) is 6.04 Å². The number of carbonyl (C=O) groups excluding carboxylic acids is 1. The van der Waals surface area contributed by atoms with Gasteiger partial charge in [-0.1, -0.05) is 30.3 Å². The van der Waals surface area contributed by atoms with E-state index in [4.69, 9.17) is 4.98 Å². The minimum Gasteiger partial charge on any atom is -0.353 e. The molecule has 1 saturated carbocycles. The second-order valence-corrected chi connectivity index (χ2v) is 8.65. The number of benzene rings is 1. The van der Waals surface area contributed by atoms with E-state index in [1.807, 2.05) is 18.3 Å². The zero-order valence-corrected chi connectivity index (χ0v) is 16.8. The first-order chi connectivity index (χ1) is 14.3. The van der Waals surface area contributed by atoms with E-state index in [1.54, 1.807) is 0 Å². The minimum absolute atomic E-state index is 0.0550. The third-order valence-corrected chi connectivity index (χ3v) is 6.34. The normalized spacial score (nSPS) is 24.8. The van der Waals surface area contributed by atoms with Crippen LogP contribution in [0.2, 0.25) is 0 Å². The zero-order chi connectivity index (χ0) is 19.6. The summed E-state index contributed by atoms with van der Waals surface area (Å²) in [6.45, 7) is 4.56. The Morgan fingerprint density at radius 3 is 2.62 bits per heavy atom. The summed E-state index contributed by atoms with van der Waals surface area (Å²) in [5, 5.41) is 3.23. The van der Waals surface area contributed by atoms with Crippen molar-refractivity contribution >= 4 is 11.9 Å². The number of carbonyl (C=O) groups is 1. The monoisotopic (exact) mass is 391 g/mol. The number of anilines is 1. The quantitative estimate of drug-likeness (QED) is 0.820. The number of likely N-dealkylation sites (tertiary alicyclic amines) is 1. The summed E-state index contributed by atoms with van der Waals surface area (Å²) in [6.07, 6.45) is 6.50. The van der Waals surface area contributed by atoms with Gasteiger partial charge in [0.05, 0.1) is 11.6 Å². The highest BCUT2D eigenvalue weighted by atomic mass is 16.2. The van der Waals surface area contributed by atoms with Crippen molar-refractivity contribution in [1.82, 2.24) is 20.2 Å². The van der Waals surface area contributed by atoms with Crippen molar-refractivity contribution in [2.75, 3.05) is 31.1 Å². The van der Waals surface area contributed by atoms with Gasteiger partial charge in [-0.3, -0.25) is 9.69 Å². The Hall–Kier alpha value is -2.47. The molecule has 29 heavy (non-hydrogen) atoms. The van der Waals surface area contributed by atoms with Gasteiger partial charge in [0.15, 0.2) is 0 Å². The van der Waals surface area contributed by atoms with Crippen LogP contribution in [0.4, 0.5) is 5.95 Å². The fraction of sp³-hybridized carbons (Fsp3) is 0.522. The van der Waals surface area contributed by atoms with Gasteiger partial charge in [-0.15, -0.1) is 0 Å². The Bertz CT molecular complexity index is 847. The van der Waals surface area contributed by atoms with Crippen LogP contribution in [0.5, 0.6) is 0 Å². The van der Waals surface area contributed by atoms with Crippen LogP contribution in [0.3, 0.4) is 0 Å². The molecule has 1 N–H and O–H groups in total. The number of hydrogen-bond donors (Lipinski definition) is 1. The summed E-state index contributed by atoms with van der Waals surface area (Å²) in [4.78, 5) is 27.1. The molecule has 6 nitrogen and oxygen atoms in total. The number of aromatic nitrogens is 2. The number of hydrogen-bond acceptors (Lipinski definition) is 5. The average Bonchev–Trinajstić information content (AvgIpc) is 3.23. The van der Waals surface area contributed by atoms with Crippen LogP contribution in [0.25, 0.3) is 0 Å². The van der Waals surface area contributed by atoms with Crippen molar-refractivity contribution < 1.29 is 4.79 Å². The second-order valence-electron chi connectivity index (χ2n) is 8.65. The molecule has 1 amide bonds. The van der Waals surface area contributed by atoms with Crippen LogP contribution in [-0.4, -0.2) is 53.0 Å². The molecule has 2 aromatic rings. The lowest BCUT2D eigenvalue weighted by Crippen LogP contribution is -2.36. The topological polar surface area (TPSA) is 61.4 Å². The van der Waals surface area contributed by atoms with Crippen LogP contribution < -0.4 is 10.2 Å². The molecule has 2 aliphatic heterocycles. The van der Waals surface area contributed by atoms with Crippen LogP contribution in [0, 0.1) is 5.92 Å². The van der Waals surface area contributed by atoms with Crippen molar-refractivity contribution in [3.05, 3.63) is 53.9 Å². The third-order valence-electron chi connectivity index (χ3n) is 6.34. The molecule has 2 saturated heterocycles. The fourth-order valence-corrected chi connectivity index (χ4v) is 4.60. The summed E-state index contributed by atoms with van der Waals surface area (Å²) < 4.78 is 0. The molecule has 3 aliphatic rings. The first kappa shape index (κ1) is 18.6. The van der Waals surface area contributed by atoms with E-state index in [9.17, 15) is 4.79 Å². The predicted molar refractivity (Wildman–Crippen MR) is 113 cm³/mol. The van der Waals surface area contributed by atoms with E-state index >= 15 is 0 Å². The predicted octanol–water partition coefficient (Wildman–Crippen LogP) is 2.57. The molecule has 1 aliphatic carbocycles. The molecule has 0 spiro atoms. The Morgan fingerprint density at radius 1 is 1.07 bits per heavy atom. The zero-order valence-electron chi connectivity index (χ0n) is 16.8. The van der Waals surface area contributed by atoms with Gasteiger partial charge in [-0.25, -0.2) is 9.97 Å². The fourth-order valence-electron chi connectivity index (χ4n) is 4.60. The SMILES string of the molecule is O=C(NC1CC1)[C@H]1CN(Cc2ccccc2)C[C@@H]1c1ccnc(N2CCCC2)n1. The van der Waals surface area contributed by atoms with E-state index in [0.717, 1.165) is 57.2 Å². The number of nitrogens with zero attached hydrogens (tertiary/aromatic N) is 4. The standard InChI is InChI=1S/C23H29N5O/c29-22(25-18-8-9-18)20-16-27(14-17-6-2-1-3-7-17)15-19(20)21-10-11-24-23(26-21)28-12-4-5-13-28/h1-3,6-7,10-11,18-20H,4-5,8-9,12-16H2,(H,25,29)/t19-,20-/m0/s1. The largest absolute Gasteiger partial charge is 0.353 e. The molecule has 152 valence electrons. The lowest BCUT2D eigenvalue weighted by atomic mass is 9.92. The highest BCUT2D eigenvalue weighted by Gasteiger charge is 2.41. The third kappa shape index (κ3) is 4.27. The minimum atomic E-state index is -0.0550. The first-order valence-corrected chi connectivity index (χ1v) is 10.9. The van der Waals surface area contributed by atoms with Crippen molar-refractivity contribution in [1.29, 1.82) is 0 Å². The summed E-state index contributed by atoms with van der Waals surface area (Å²) >= 11 is 0. The number of rotatable bonds is 6. The second kappa shape index (κ2) is 8.11. The van der Waals surface area contributed by atoms with Gasteiger partial charge in [0.2, 0.25) is 11.9 Å². The summed E-state index contributed by atoms with van der Waals surface area (Å²) in [5.74, 6) is 1.07. The molecule has 5 rings (SSSR count). The molecule has 2 atom stereocenters. The van der Waals surface area contributed by atoms with Gasteiger partial charge in [0.1, 0.15) is 0 Å². The Kier molecular flexibility index (Phi) is 5.19. The Labute approximate surface area is 172 Å². The molecule has 0 unspecified atom stereocenters. The summed E-state index contributed by atoms with van der Waals surface area (Å²) in [5.41, 5.74) is 2.29. The van der Waals surface area contributed by atoms with Crippen molar-refractivity contribution in [2.45, 2.75) is 44.2 Å². The maximum absolute atomic E-state index is 13.0. The van der Waals surface area contributed by atoms with Gasteiger partial charge in [0, 0.05) is 50.9 Å². The Morgan fingerprint density at radius 2 is 1.86 bits per heavy atom. The van der Waals surface area contributed by atoms with E-state index in [2.05, 4.69) is 44.4 Å². The molecular formula is C23H29N5O. The molecule has 1 aromatic carbocycles. The maximum Gasteiger partial charge on any atom is 0.225 e. The van der Waals surface area contributed by atoms with Crippen molar-refractivity contribution in [3.63, 3.8) is 0 Å². The maximum atomic E-state index is 13.0. The molecule has 6 heteroatoms. The molecular weight excluding hydrogens is 362 g/mol. The van der Waals surface area contributed by atoms with Gasteiger partial charge >= 0.3 is 0 Å². The molecule has 3 heterocycles. The smallest absolute Gasteiger partial charge is 0.225 e. The van der Waals surface area contributed by atoms with Crippen molar-refractivity contribution in [2.24, 2.45) is 5.92 Å². The van der Waals surface area contributed by atoms with Gasteiger partial charge in [-0.2, -0.15) is 0 Å². The van der Waals surface area contributed by atoms with E-state index < -0.39 is 0 Å². The van der Waals surface area contributed by atoms with Crippen LogP contribution >= 0.6 is 0 Å². The highest BCUT2D eigenvalue weighted by molar-refractivity contribution is 5.81. The molecule has 3 fully saturated rings. The van der Waals surface area contributed by atoms with Crippen molar-refractivity contribution in [3.8, 4) is 0 Å². The van der Waals surface area contributed by atoms with E-state index in [-0.39, 0.29) is 17.7 Å². The van der Waals surface area contributed by atoms with Crippen LogP contribution in [0.15, 0.2) is 42.6 Å². The molecule has 0 bridgehead atoms. The van der Waals surface area contributed by atoms with Gasteiger partial charge in [-0.05, 0) is 37.3 Å². The van der Waals surface area contributed by atoms with Crippen LogP contribution in [-0.2, 0) is 11.3 Å². The first-order valence-electron chi connectivity index (χ1n) is 10.9. The van der Waals surface area contributed by atoms with Gasteiger partial charge < -0.3 is 10.2 Å². The van der Waals surface area contributed by atoms with E-state index in [1.165, 1.54) is 18.4 Å². The van der Waals surface area contributed by atoms with Crippen LogP contribution in [0.1, 0.15) is 42.9 Å². The molecule has 0 radical (unpaired) electrons. The van der Waals surface area contributed by atoms with Gasteiger partial charge in [0.25, 0.3) is 0 Å². The summed E-state index contributed by atoms with van der Waals surface area (Å²) in [7, 11) is 0. The lowest BCUT2D eigenvalue weighted by molar-refractivity contribution is -0.125. The lowest BCUT2D eigenvalue weighted by Gasteiger charge is -2.20. The molecule has 1 aromatic heterocycles. The number of nitrogens with one attached hydrogen (secondary N) is 1. The Balaban J connectivity index is 1.37. The average molecular weight is 392 g/mol. The summed E-state index contributed by atoms with van der Waals surface area (Å²) in [6, 6.07) is 12.9.